The molecule has 102 heavy (non-hydrogen) atoms. The summed E-state index contributed by atoms with van der Waals surface area (Å²) < 4.78 is 376. The van der Waals surface area contributed by atoms with E-state index >= 15 is 0 Å². The Hall–Kier alpha value is -13.3. The van der Waals surface area contributed by atoms with E-state index in [0.29, 0.717) is 16.3 Å². The Kier molecular flexibility index (Phi) is 6.93. The Morgan fingerprint density at radius 2 is 0.775 bits per heavy atom. The van der Waals surface area contributed by atoms with Crippen LogP contribution in [0.2, 0.25) is 0 Å². The van der Waals surface area contributed by atoms with E-state index < -0.39 is 305 Å². The topological polar surface area (TPSA) is 113 Å². The first-order valence-corrected chi connectivity index (χ1v) is 32.2. The van der Waals surface area contributed by atoms with E-state index in [9.17, 15) is 15.1 Å². The fourth-order valence-electron chi connectivity index (χ4n) is 12.6. The van der Waals surface area contributed by atoms with E-state index in [-0.39, 0.29) is 134 Å². The largest absolute Gasteiger partial charge is 0.456 e. The van der Waals surface area contributed by atoms with Crippen LogP contribution in [-0.2, 0) is 0 Å². The van der Waals surface area contributed by atoms with Gasteiger partial charge in [-0.15, -0.1) is 22.7 Å². The average Bonchev–Trinajstić information content (AvgIpc) is 1.52. The number of nitrogens with zero attached hydrogens (tertiary/aromatic N) is 8. The molecule has 0 unspecified atom stereocenters. The van der Waals surface area contributed by atoms with Gasteiger partial charge in [0, 0.05) is 106 Å². The zero-order valence-corrected chi connectivity index (χ0v) is 52.7. The Morgan fingerprint density at radius 1 is 0.275 bits per heavy atom. The van der Waals surface area contributed by atoms with Crippen molar-refractivity contribution in [2.45, 2.75) is 0 Å². The number of benzene rings is 14. The highest BCUT2D eigenvalue weighted by molar-refractivity contribution is 7.27. The molecule has 0 saturated heterocycles. The Morgan fingerprint density at radius 3 is 1.39 bits per heavy atom. The van der Waals surface area contributed by atoms with Crippen molar-refractivity contribution >= 4 is 151 Å². The van der Waals surface area contributed by atoms with Crippen LogP contribution in [0.15, 0.2) is 323 Å². The predicted molar refractivity (Wildman–Crippen MR) is 421 cm³/mol. The van der Waals surface area contributed by atoms with Crippen LogP contribution >= 0.6 is 22.7 Å². The van der Waals surface area contributed by atoms with Crippen molar-refractivity contribution in [3.8, 4) is 79.7 Å². The van der Waals surface area contributed by atoms with Gasteiger partial charge in [0.25, 0.3) is 0 Å². The number of thiophene rings is 2. The van der Waals surface area contributed by atoms with E-state index in [0.717, 1.165) is 31.8 Å². The van der Waals surface area contributed by atoms with Crippen molar-refractivity contribution in [1.29, 1.82) is 0 Å². The summed E-state index contributed by atoms with van der Waals surface area (Å²) in [5.74, 6) is -2.36. The maximum atomic E-state index is 9.62. The maximum absolute atomic E-state index is 9.62. The lowest BCUT2D eigenvalue weighted by Gasteiger charge is -2.11. The van der Waals surface area contributed by atoms with Gasteiger partial charge in [0.15, 0.2) is 23.3 Å². The smallest absolute Gasteiger partial charge is 0.238 e. The normalized spacial score (nSPS) is 17.5. The Bertz CT molecular complexity index is 9700. The minimum absolute atomic E-state index is 0.0282. The molecule has 0 aliphatic carbocycles. The van der Waals surface area contributed by atoms with Gasteiger partial charge in [-0.1, -0.05) is 242 Å². The number of hydrogen-bond donors (Lipinski definition) is 0. The molecule has 0 N–H and O–H groups in total. The van der Waals surface area contributed by atoms with Gasteiger partial charge in [0.2, 0.25) is 11.9 Å². The molecule has 10 nitrogen and oxygen atoms in total. The van der Waals surface area contributed by atoms with Crippen molar-refractivity contribution < 1.29 is 65.0 Å². The second-order valence-electron chi connectivity index (χ2n) is 22.5. The summed E-state index contributed by atoms with van der Waals surface area (Å²) in [7, 11) is 0. The average molecular weight is 1380 g/mol. The fourth-order valence-corrected chi connectivity index (χ4v) is 14.8. The number of aromatic nitrogens is 8. The first-order chi connectivity index (χ1) is 67.6. The minimum atomic E-state index is -0.776. The third kappa shape index (κ3) is 9.24. The molecule has 0 bridgehead atoms. The quantitative estimate of drug-likeness (QED) is 0.148. The molecule has 0 fully saturated rings. The van der Waals surface area contributed by atoms with Gasteiger partial charge in [0.05, 0.1) is 78.3 Å². The molecule has 0 saturated carbocycles. The van der Waals surface area contributed by atoms with E-state index in [4.69, 9.17) is 64.9 Å². The van der Waals surface area contributed by atoms with E-state index in [1.165, 1.54) is 12.1 Å². The van der Waals surface area contributed by atoms with Crippen molar-refractivity contribution in [1.82, 2.24) is 39.0 Å². The molecule has 0 amide bonds. The summed E-state index contributed by atoms with van der Waals surface area (Å²) in [6.45, 7) is 0. The first kappa shape index (κ1) is 30.5. The first-order valence-electron chi connectivity index (χ1n) is 51.1. The molecule has 0 aliphatic heterocycles. The molecule has 12 heteroatoms. The molecule has 22 aromatic rings. The van der Waals surface area contributed by atoms with Gasteiger partial charge in [-0.3, -0.25) is 9.13 Å². The van der Waals surface area contributed by atoms with Crippen LogP contribution in [-0.4, -0.2) is 39.0 Å². The zero-order chi connectivity index (χ0) is 103. The predicted octanol–water partition coefficient (Wildman–Crippen LogP) is 24.5. The third-order valence-corrected chi connectivity index (χ3v) is 19.2. The van der Waals surface area contributed by atoms with Gasteiger partial charge in [-0.25, -0.2) is 9.97 Å². The lowest BCUT2D eigenvalue weighted by molar-refractivity contribution is 0.668. The van der Waals surface area contributed by atoms with Crippen LogP contribution in [0.25, 0.3) is 208 Å². The molecular weight excluding hydrogens is 1290 g/mol. The number of fused-ring (bicyclic) bond motifs is 20. The molecule has 0 atom stereocenters. The minimum Gasteiger partial charge on any atom is -0.456 e. The lowest BCUT2D eigenvalue weighted by atomic mass is 9.99. The summed E-state index contributed by atoms with van der Waals surface area (Å²) in [6.07, 6.45) is 0. The monoisotopic (exact) mass is 1380 g/mol. The van der Waals surface area contributed by atoms with Crippen molar-refractivity contribution in [2.24, 2.45) is 0 Å². The van der Waals surface area contributed by atoms with Crippen molar-refractivity contribution in [3.05, 3.63) is 314 Å². The Balaban J connectivity index is 0.000000169. The maximum Gasteiger partial charge on any atom is 0.238 e. The van der Waals surface area contributed by atoms with E-state index in [1.54, 1.807) is 54.6 Å². The number of para-hydroxylation sites is 2. The van der Waals surface area contributed by atoms with Gasteiger partial charge in [-0.05, 0) is 94.8 Å². The molecule has 22 rings (SSSR count). The highest BCUT2D eigenvalue weighted by Crippen LogP contribution is 2.47. The van der Waals surface area contributed by atoms with Crippen molar-refractivity contribution in [2.75, 3.05) is 0 Å². The zero-order valence-electron chi connectivity index (χ0n) is 92.1. The van der Waals surface area contributed by atoms with Crippen LogP contribution in [0.5, 0.6) is 0 Å². The molecule has 0 spiro atoms. The second kappa shape index (κ2) is 23.2. The highest BCUT2D eigenvalue weighted by atomic mass is 32.1. The summed E-state index contributed by atoms with van der Waals surface area (Å²) in [5, 5.41) is -0.570. The number of furan rings is 2. The summed E-state index contributed by atoms with van der Waals surface area (Å²) >= 11 is 1.68. The Labute approximate surface area is 647 Å². The van der Waals surface area contributed by atoms with Crippen molar-refractivity contribution in [3.63, 3.8) is 0 Å². The number of rotatable bonds is 8. The standard InChI is InChI=1S/2C45H26N4OS/c2*1-3-12-27(13-4-1)30-18-11-20-37-40(30)34-23-22-29(26-38(34)50-37)44-46-43(28-14-5-2-6-15-28)47-45(48-44)49-35-19-9-7-17-33(35)41-36(49)25-24-32-31-16-8-10-21-39(31)51-42(32)41/h2*1-26H/i1D,3D,4D,7D,8D,9D,10D,11D,12D,13D,16D,17D,18D,19D,20D,21D,22D,23D,24D,25D,26D;1D,2D,3D,4D,5D,6D,7D,8D,9D,10D,12D,13D,14D,15D,16D,17D,19D,21D,24D,25D. The molecular formula is C90H52N8O2S2. The van der Waals surface area contributed by atoms with Crippen LogP contribution < -0.4 is 0 Å². The summed E-state index contributed by atoms with van der Waals surface area (Å²) in [6, 6.07) is -8.28. The van der Waals surface area contributed by atoms with Crippen LogP contribution in [0, 0.1) is 0 Å². The van der Waals surface area contributed by atoms with Gasteiger partial charge >= 0.3 is 0 Å². The number of hydrogen-bond acceptors (Lipinski definition) is 10. The molecule has 476 valence electrons. The van der Waals surface area contributed by atoms with Gasteiger partial charge in [-0.2, -0.15) is 19.9 Å². The molecule has 14 aromatic carbocycles. The summed E-state index contributed by atoms with van der Waals surface area (Å²) in [5.41, 5.74) is -2.96. The fraction of sp³-hybridized carbons (Fsp3) is 0. The molecule has 0 aliphatic rings. The van der Waals surface area contributed by atoms with Crippen LogP contribution in [0.1, 0.15) is 56.2 Å². The molecule has 8 heterocycles. The second-order valence-corrected chi connectivity index (χ2v) is 24.6. The van der Waals surface area contributed by atoms with Crippen LogP contribution in [0.3, 0.4) is 0 Å². The lowest BCUT2D eigenvalue weighted by Crippen LogP contribution is -2.06. The molecule has 8 aromatic heterocycles. The van der Waals surface area contributed by atoms with Gasteiger partial charge in [0.1, 0.15) is 22.3 Å². The highest BCUT2D eigenvalue weighted by Gasteiger charge is 2.25. The summed E-state index contributed by atoms with van der Waals surface area (Å²) in [4.78, 5) is 28.1. The van der Waals surface area contributed by atoms with Crippen LogP contribution in [0.4, 0.5) is 0 Å². The van der Waals surface area contributed by atoms with E-state index in [1.807, 2.05) is 0 Å². The molecule has 0 radical (unpaired) electrons. The van der Waals surface area contributed by atoms with E-state index in [2.05, 4.69) is 15.0 Å². The van der Waals surface area contributed by atoms with Gasteiger partial charge < -0.3 is 8.83 Å². The SMILES string of the molecule is [2H]c1c([2H])c([2H])c(-c2c([2H])c([2H])c([2H])c3oc4c([2H])c(-c5nc(-c6ccccc6)nc(-n6c7c([2H])c([2H])c([2H])c([2H])c7c7c8sc9c([2H])c([2H])c([2H])c([2H])c9c8c([2H])c([2H])c76)n5)c([2H])c([2H])c4c23)c([2H])c1[2H].[2H]c1c([2H])c([2H])c(-c2nc(-c3ccc4c(c3)oc3cccc(-c5c([2H])c([2H])c([2H])c([2H])c5[2H])c34)nc(-n3c4c([2H])c([2H])c([2H])c([2H])c4c4c5sc6c([2H])c([2H])c([2H])c([2H])c6c5c([2H])c([2H])c43)n2)c([2H])c1[2H]. The third-order valence-electron chi connectivity index (χ3n) is 16.9.